The van der Waals surface area contributed by atoms with Crippen molar-refractivity contribution < 1.29 is 14.3 Å². The standard InChI is InChI=1S/C32H34N2O3/c1-22(2)36-28-14-10-25(11-15-28)18-27(35)20-30-31(19-24-8-6-5-7-9-24)34-32(21-33-30)26-12-16-29(17-13-26)37-23(3)4/h5-17,21-23H,18-20H2,1-4H3. The second kappa shape index (κ2) is 12.3. The van der Waals surface area contributed by atoms with Crippen molar-refractivity contribution in [3.05, 3.63) is 108 Å². The Morgan fingerprint density at radius 1 is 0.703 bits per heavy atom. The first-order chi connectivity index (χ1) is 17.9. The number of ketones is 1. The highest BCUT2D eigenvalue weighted by molar-refractivity contribution is 5.83. The van der Waals surface area contributed by atoms with Crippen LogP contribution >= 0.6 is 0 Å². The maximum absolute atomic E-state index is 13.0. The summed E-state index contributed by atoms with van der Waals surface area (Å²) in [6.07, 6.45) is 3.18. The lowest BCUT2D eigenvalue weighted by molar-refractivity contribution is -0.117. The Morgan fingerprint density at radius 2 is 1.30 bits per heavy atom. The van der Waals surface area contributed by atoms with Crippen LogP contribution in [0.4, 0.5) is 0 Å². The largest absolute Gasteiger partial charge is 0.491 e. The number of rotatable bonds is 11. The minimum Gasteiger partial charge on any atom is -0.491 e. The molecule has 0 saturated heterocycles. The highest BCUT2D eigenvalue weighted by Gasteiger charge is 2.15. The molecule has 0 bridgehead atoms. The Morgan fingerprint density at radius 3 is 1.89 bits per heavy atom. The molecule has 0 aliphatic heterocycles. The fourth-order valence-corrected chi connectivity index (χ4v) is 4.08. The zero-order valence-electron chi connectivity index (χ0n) is 22.0. The Balaban J connectivity index is 1.54. The third kappa shape index (κ3) is 7.74. The van der Waals surface area contributed by atoms with Gasteiger partial charge in [-0.3, -0.25) is 9.78 Å². The van der Waals surface area contributed by atoms with E-state index >= 15 is 0 Å². The van der Waals surface area contributed by atoms with E-state index in [0.717, 1.165) is 45.3 Å². The van der Waals surface area contributed by atoms with Crippen LogP contribution in [0.3, 0.4) is 0 Å². The van der Waals surface area contributed by atoms with Gasteiger partial charge in [-0.2, -0.15) is 0 Å². The smallest absolute Gasteiger partial charge is 0.143 e. The molecule has 0 aliphatic rings. The molecular weight excluding hydrogens is 460 g/mol. The van der Waals surface area contributed by atoms with E-state index in [1.807, 2.05) is 94.4 Å². The number of Topliss-reactive ketones (excluding diaryl/α,β-unsaturated/α-hetero) is 1. The molecule has 5 nitrogen and oxygen atoms in total. The zero-order valence-corrected chi connectivity index (χ0v) is 22.0. The van der Waals surface area contributed by atoms with Gasteiger partial charge in [0, 0.05) is 18.4 Å². The molecule has 4 aromatic rings. The molecule has 0 amide bonds. The average molecular weight is 495 g/mol. The molecule has 0 fully saturated rings. The molecule has 4 rings (SSSR count). The van der Waals surface area contributed by atoms with Crippen LogP contribution < -0.4 is 9.47 Å². The Labute approximate surface area is 219 Å². The molecule has 0 unspecified atom stereocenters. The first-order valence-corrected chi connectivity index (χ1v) is 12.8. The normalized spacial score (nSPS) is 11.1. The lowest BCUT2D eigenvalue weighted by Crippen LogP contribution is -2.12. The summed E-state index contributed by atoms with van der Waals surface area (Å²) < 4.78 is 11.5. The van der Waals surface area contributed by atoms with Crippen molar-refractivity contribution in [1.82, 2.24) is 9.97 Å². The Hall–Kier alpha value is -3.99. The number of nitrogens with zero attached hydrogens (tertiary/aromatic N) is 2. The molecule has 0 N–H and O–H groups in total. The van der Waals surface area contributed by atoms with E-state index in [-0.39, 0.29) is 24.4 Å². The van der Waals surface area contributed by atoms with E-state index in [4.69, 9.17) is 19.4 Å². The summed E-state index contributed by atoms with van der Waals surface area (Å²) in [5, 5.41) is 0. The van der Waals surface area contributed by atoms with Gasteiger partial charge in [-0.05, 0) is 75.2 Å². The van der Waals surface area contributed by atoms with Crippen LogP contribution in [0, 0.1) is 0 Å². The van der Waals surface area contributed by atoms with E-state index in [1.165, 1.54) is 0 Å². The highest BCUT2D eigenvalue weighted by Crippen LogP contribution is 2.23. The molecular formula is C32H34N2O3. The van der Waals surface area contributed by atoms with Crippen molar-refractivity contribution >= 4 is 5.78 Å². The summed E-state index contributed by atoms with van der Waals surface area (Å²) in [6.45, 7) is 8.00. The van der Waals surface area contributed by atoms with Crippen LogP contribution in [-0.2, 0) is 24.1 Å². The van der Waals surface area contributed by atoms with Crippen molar-refractivity contribution in [3.63, 3.8) is 0 Å². The summed E-state index contributed by atoms with van der Waals surface area (Å²) in [7, 11) is 0. The molecule has 1 heterocycles. The zero-order chi connectivity index (χ0) is 26.2. The molecule has 0 saturated carbocycles. The molecule has 0 spiro atoms. The van der Waals surface area contributed by atoms with Crippen LogP contribution in [0.2, 0.25) is 0 Å². The van der Waals surface area contributed by atoms with Crippen molar-refractivity contribution in [2.24, 2.45) is 0 Å². The summed E-state index contributed by atoms with van der Waals surface area (Å²) in [6, 6.07) is 25.7. The van der Waals surface area contributed by atoms with E-state index in [0.29, 0.717) is 12.8 Å². The van der Waals surface area contributed by atoms with Gasteiger partial charge in [0.15, 0.2) is 0 Å². The first kappa shape index (κ1) is 26.1. The van der Waals surface area contributed by atoms with Crippen LogP contribution in [0.1, 0.15) is 50.2 Å². The van der Waals surface area contributed by atoms with Gasteiger partial charge in [-0.25, -0.2) is 4.98 Å². The SMILES string of the molecule is CC(C)Oc1ccc(CC(=O)Cc2ncc(-c3ccc(OC(C)C)cc3)nc2Cc2ccccc2)cc1. The number of hydrogen-bond donors (Lipinski definition) is 0. The third-order valence-corrected chi connectivity index (χ3v) is 5.73. The Bertz CT molecular complexity index is 1300. The molecule has 0 radical (unpaired) electrons. The summed E-state index contributed by atoms with van der Waals surface area (Å²) >= 11 is 0. The van der Waals surface area contributed by atoms with Crippen LogP contribution in [0.25, 0.3) is 11.3 Å². The molecule has 190 valence electrons. The minimum atomic E-state index is 0.101. The van der Waals surface area contributed by atoms with Crippen molar-refractivity contribution in [2.45, 2.75) is 59.2 Å². The Kier molecular flexibility index (Phi) is 8.68. The maximum atomic E-state index is 13.0. The number of carbonyl (C=O) groups excluding carboxylic acids is 1. The van der Waals surface area contributed by atoms with Gasteiger partial charge < -0.3 is 9.47 Å². The van der Waals surface area contributed by atoms with E-state index in [9.17, 15) is 4.79 Å². The summed E-state index contributed by atoms with van der Waals surface area (Å²) in [5.41, 5.74) is 5.36. The lowest BCUT2D eigenvalue weighted by atomic mass is 10.0. The van der Waals surface area contributed by atoms with Gasteiger partial charge in [0.25, 0.3) is 0 Å². The fraction of sp³-hybridized carbons (Fsp3) is 0.281. The number of carbonyl (C=O) groups is 1. The molecule has 3 aromatic carbocycles. The minimum absolute atomic E-state index is 0.101. The third-order valence-electron chi connectivity index (χ3n) is 5.73. The number of benzene rings is 3. The first-order valence-electron chi connectivity index (χ1n) is 12.8. The van der Waals surface area contributed by atoms with Gasteiger partial charge >= 0.3 is 0 Å². The van der Waals surface area contributed by atoms with E-state index in [2.05, 4.69) is 12.1 Å². The van der Waals surface area contributed by atoms with Crippen molar-refractivity contribution in [3.8, 4) is 22.8 Å². The number of ether oxygens (including phenoxy) is 2. The highest BCUT2D eigenvalue weighted by atomic mass is 16.5. The summed E-state index contributed by atoms with van der Waals surface area (Å²) in [5.74, 6) is 1.73. The maximum Gasteiger partial charge on any atom is 0.143 e. The number of hydrogen-bond acceptors (Lipinski definition) is 5. The van der Waals surface area contributed by atoms with Crippen LogP contribution in [0.15, 0.2) is 85.1 Å². The second-order valence-corrected chi connectivity index (χ2v) is 9.70. The summed E-state index contributed by atoms with van der Waals surface area (Å²) in [4.78, 5) is 22.7. The van der Waals surface area contributed by atoms with Gasteiger partial charge in [-0.1, -0.05) is 42.5 Å². The predicted molar refractivity (Wildman–Crippen MR) is 147 cm³/mol. The van der Waals surface area contributed by atoms with Gasteiger partial charge in [0.05, 0.1) is 41.9 Å². The van der Waals surface area contributed by atoms with Gasteiger partial charge in [0.1, 0.15) is 17.3 Å². The van der Waals surface area contributed by atoms with Gasteiger partial charge in [0.2, 0.25) is 0 Å². The van der Waals surface area contributed by atoms with Crippen LogP contribution in [0.5, 0.6) is 11.5 Å². The lowest BCUT2D eigenvalue weighted by Gasteiger charge is -2.12. The van der Waals surface area contributed by atoms with Crippen LogP contribution in [-0.4, -0.2) is 28.0 Å². The van der Waals surface area contributed by atoms with E-state index in [1.54, 1.807) is 6.20 Å². The molecule has 0 aliphatic carbocycles. The van der Waals surface area contributed by atoms with Gasteiger partial charge in [-0.15, -0.1) is 0 Å². The topological polar surface area (TPSA) is 61.3 Å². The predicted octanol–water partition coefficient (Wildman–Crippen LogP) is 6.66. The van der Waals surface area contributed by atoms with Crippen molar-refractivity contribution in [2.75, 3.05) is 0 Å². The fourth-order valence-electron chi connectivity index (χ4n) is 4.08. The number of aromatic nitrogens is 2. The quantitative estimate of drug-likeness (QED) is 0.233. The molecule has 0 atom stereocenters. The average Bonchev–Trinajstić information content (AvgIpc) is 2.87. The molecule has 5 heteroatoms. The second-order valence-electron chi connectivity index (χ2n) is 9.70. The van der Waals surface area contributed by atoms with E-state index < -0.39 is 0 Å². The molecule has 1 aromatic heterocycles. The molecule has 37 heavy (non-hydrogen) atoms. The monoisotopic (exact) mass is 494 g/mol. The van der Waals surface area contributed by atoms with Crippen molar-refractivity contribution in [1.29, 1.82) is 0 Å².